The van der Waals surface area contributed by atoms with Gasteiger partial charge in [0.15, 0.2) is 0 Å². The highest BCUT2D eigenvalue weighted by Crippen LogP contribution is 2.27. The van der Waals surface area contributed by atoms with Gasteiger partial charge >= 0.3 is 0 Å². The molecule has 0 atom stereocenters. The quantitative estimate of drug-likeness (QED) is 0.806. The first-order valence-corrected chi connectivity index (χ1v) is 10.3. The molecule has 2 aromatic carbocycles. The molecular weight excluding hydrogens is 367 g/mol. The second-order valence-electron chi connectivity index (χ2n) is 7.12. The van der Waals surface area contributed by atoms with Crippen LogP contribution in [0.15, 0.2) is 59.5 Å². The van der Waals surface area contributed by atoms with Crippen molar-refractivity contribution in [1.29, 1.82) is 0 Å². The molecule has 0 unspecified atom stereocenters. The molecule has 1 fully saturated rings. The maximum Gasteiger partial charge on any atom is 0.246 e. The fraction of sp³-hybridized carbons (Fsp3) is 0.350. The molecule has 0 aliphatic carbocycles. The number of sulfonamides is 1. The number of halogens is 1. The van der Waals surface area contributed by atoms with Crippen molar-refractivity contribution in [3.05, 3.63) is 66.0 Å². The van der Waals surface area contributed by atoms with Crippen LogP contribution < -0.4 is 0 Å². The van der Waals surface area contributed by atoms with Crippen molar-refractivity contribution in [1.82, 2.24) is 9.21 Å². The van der Waals surface area contributed by atoms with Crippen LogP contribution in [0.1, 0.15) is 19.4 Å². The predicted octanol–water partition coefficient (Wildman–Crippen LogP) is 2.64. The highest BCUT2D eigenvalue weighted by atomic mass is 32.2. The molecule has 1 aliphatic rings. The van der Waals surface area contributed by atoms with Gasteiger partial charge in [-0.1, -0.05) is 42.5 Å². The summed E-state index contributed by atoms with van der Waals surface area (Å²) >= 11 is 0. The summed E-state index contributed by atoms with van der Waals surface area (Å²) in [5.41, 5.74) is 0.213. The van der Waals surface area contributed by atoms with Crippen LogP contribution in [-0.4, -0.2) is 49.7 Å². The minimum Gasteiger partial charge on any atom is -0.339 e. The van der Waals surface area contributed by atoms with Crippen molar-refractivity contribution in [3.8, 4) is 0 Å². The van der Waals surface area contributed by atoms with Gasteiger partial charge < -0.3 is 4.90 Å². The van der Waals surface area contributed by atoms with Crippen molar-refractivity contribution in [2.24, 2.45) is 0 Å². The van der Waals surface area contributed by atoms with E-state index in [0.717, 1.165) is 11.6 Å². The van der Waals surface area contributed by atoms with Gasteiger partial charge in [-0.2, -0.15) is 4.31 Å². The topological polar surface area (TPSA) is 57.7 Å². The molecule has 0 saturated carbocycles. The minimum absolute atomic E-state index is 0.0448. The van der Waals surface area contributed by atoms with Gasteiger partial charge in [-0.25, -0.2) is 12.8 Å². The molecular formula is C20H23FN2O3S. The zero-order valence-corrected chi connectivity index (χ0v) is 16.2. The molecule has 144 valence electrons. The summed E-state index contributed by atoms with van der Waals surface area (Å²) in [5, 5.41) is 0. The largest absolute Gasteiger partial charge is 0.339 e. The summed E-state index contributed by atoms with van der Waals surface area (Å²) in [6.07, 6.45) is 0. The van der Waals surface area contributed by atoms with Crippen LogP contribution >= 0.6 is 0 Å². The van der Waals surface area contributed by atoms with Crippen LogP contribution in [0, 0.1) is 5.82 Å². The molecule has 0 N–H and O–H groups in total. The summed E-state index contributed by atoms with van der Waals surface area (Å²) in [7, 11) is -3.91. The Morgan fingerprint density at radius 3 is 2.07 bits per heavy atom. The first kappa shape index (κ1) is 19.5. The van der Waals surface area contributed by atoms with Crippen molar-refractivity contribution in [3.63, 3.8) is 0 Å². The predicted molar refractivity (Wildman–Crippen MR) is 101 cm³/mol. The summed E-state index contributed by atoms with van der Waals surface area (Å²) in [6.45, 7) is 4.59. The standard InChI is InChI=1S/C20H23FN2O3S/c1-20(2,16-8-4-3-5-9-16)19(24)22-12-14-23(15-13-22)27(25,26)18-11-7-6-10-17(18)21/h3-11H,12-15H2,1-2H3. The van der Waals surface area contributed by atoms with E-state index in [0.29, 0.717) is 0 Å². The lowest BCUT2D eigenvalue weighted by Crippen LogP contribution is -2.54. The Bertz CT molecular complexity index is 921. The van der Waals surface area contributed by atoms with Crippen LogP contribution in [0.3, 0.4) is 0 Å². The van der Waals surface area contributed by atoms with Crippen LogP contribution in [0.2, 0.25) is 0 Å². The fourth-order valence-corrected chi connectivity index (χ4v) is 4.79. The summed E-state index contributed by atoms with van der Waals surface area (Å²) < 4.78 is 40.5. The molecule has 1 saturated heterocycles. The Labute approximate surface area is 159 Å². The Kier molecular flexibility index (Phi) is 5.35. The lowest BCUT2D eigenvalue weighted by molar-refractivity contribution is -0.137. The Morgan fingerprint density at radius 2 is 1.48 bits per heavy atom. The van der Waals surface area contributed by atoms with Gasteiger partial charge in [0.25, 0.3) is 0 Å². The summed E-state index contributed by atoms with van der Waals surface area (Å²) in [4.78, 5) is 14.4. The molecule has 7 heteroatoms. The smallest absolute Gasteiger partial charge is 0.246 e. The van der Waals surface area contributed by atoms with Gasteiger partial charge in [0.1, 0.15) is 10.7 Å². The number of hydrogen-bond donors (Lipinski definition) is 0. The number of rotatable bonds is 4. The second-order valence-corrected chi connectivity index (χ2v) is 9.02. The van der Waals surface area contributed by atoms with E-state index < -0.39 is 21.3 Å². The molecule has 1 aliphatic heterocycles. The molecule has 0 spiro atoms. The van der Waals surface area contributed by atoms with E-state index >= 15 is 0 Å². The van der Waals surface area contributed by atoms with Crippen molar-refractivity contribution in [2.75, 3.05) is 26.2 Å². The van der Waals surface area contributed by atoms with Gasteiger partial charge in [0, 0.05) is 26.2 Å². The van der Waals surface area contributed by atoms with Crippen LogP contribution in [-0.2, 0) is 20.2 Å². The molecule has 5 nitrogen and oxygen atoms in total. The van der Waals surface area contributed by atoms with Crippen LogP contribution in [0.5, 0.6) is 0 Å². The lowest BCUT2D eigenvalue weighted by Gasteiger charge is -2.38. The highest BCUT2D eigenvalue weighted by Gasteiger charge is 2.37. The van der Waals surface area contributed by atoms with Crippen LogP contribution in [0.25, 0.3) is 0 Å². The molecule has 1 heterocycles. The molecule has 27 heavy (non-hydrogen) atoms. The van der Waals surface area contributed by atoms with Crippen molar-refractivity contribution >= 4 is 15.9 Å². The Morgan fingerprint density at radius 1 is 0.926 bits per heavy atom. The normalized spacial score (nSPS) is 16.3. The first-order valence-electron chi connectivity index (χ1n) is 8.84. The SMILES string of the molecule is CC(C)(C(=O)N1CCN(S(=O)(=O)c2ccccc2F)CC1)c1ccccc1. The van der Waals surface area contributed by atoms with E-state index in [-0.39, 0.29) is 37.0 Å². The average molecular weight is 390 g/mol. The fourth-order valence-electron chi connectivity index (χ4n) is 3.30. The van der Waals surface area contributed by atoms with Gasteiger partial charge in [-0.15, -0.1) is 0 Å². The number of hydrogen-bond acceptors (Lipinski definition) is 3. The lowest BCUT2D eigenvalue weighted by atomic mass is 9.83. The van der Waals surface area contributed by atoms with Crippen LogP contribution in [0.4, 0.5) is 4.39 Å². The number of amides is 1. The number of carbonyl (C=O) groups excluding carboxylic acids is 1. The first-order chi connectivity index (χ1) is 12.7. The van der Waals surface area contributed by atoms with E-state index in [9.17, 15) is 17.6 Å². The highest BCUT2D eigenvalue weighted by molar-refractivity contribution is 7.89. The summed E-state index contributed by atoms with van der Waals surface area (Å²) in [6, 6.07) is 14.9. The van der Waals surface area contributed by atoms with Crippen molar-refractivity contribution in [2.45, 2.75) is 24.2 Å². The zero-order valence-electron chi connectivity index (χ0n) is 15.4. The van der Waals surface area contributed by atoms with E-state index in [4.69, 9.17) is 0 Å². The van der Waals surface area contributed by atoms with Gasteiger partial charge in [0.05, 0.1) is 5.41 Å². The molecule has 3 rings (SSSR count). The zero-order chi connectivity index (χ0) is 19.7. The number of piperazine rings is 1. The molecule has 1 amide bonds. The van der Waals surface area contributed by atoms with E-state index in [1.54, 1.807) is 4.90 Å². The molecule has 2 aromatic rings. The molecule has 0 bridgehead atoms. The third-order valence-corrected chi connectivity index (χ3v) is 6.94. The third-order valence-electron chi connectivity index (χ3n) is 5.01. The maximum atomic E-state index is 13.9. The Hall–Kier alpha value is -2.25. The monoisotopic (exact) mass is 390 g/mol. The third kappa shape index (κ3) is 3.75. The molecule has 0 radical (unpaired) electrons. The minimum atomic E-state index is -3.91. The second kappa shape index (κ2) is 7.40. The Balaban J connectivity index is 1.72. The summed E-state index contributed by atoms with van der Waals surface area (Å²) in [5.74, 6) is -0.808. The van der Waals surface area contributed by atoms with Gasteiger partial charge in [-0.05, 0) is 31.5 Å². The number of carbonyl (C=O) groups is 1. The maximum absolute atomic E-state index is 13.9. The average Bonchev–Trinajstić information content (AvgIpc) is 2.68. The number of benzene rings is 2. The van der Waals surface area contributed by atoms with E-state index in [2.05, 4.69) is 0 Å². The van der Waals surface area contributed by atoms with E-state index in [1.165, 1.54) is 22.5 Å². The van der Waals surface area contributed by atoms with Crippen molar-refractivity contribution < 1.29 is 17.6 Å². The van der Waals surface area contributed by atoms with Gasteiger partial charge in [-0.3, -0.25) is 4.79 Å². The number of nitrogens with zero attached hydrogens (tertiary/aromatic N) is 2. The van der Waals surface area contributed by atoms with Gasteiger partial charge in [0.2, 0.25) is 15.9 Å². The van der Waals surface area contributed by atoms with E-state index in [1.807, 2.05) is 44.2 Å². The molecule has 0 aromatic heterocycles.